The molecule has 0 aromatic heterocycles. The lowest BCUT2D eigenvalue weighted by Gasteiger charge is -2.36. The van der Waals surface area contributed by atoms with Crippen LogP contribution < -0.4 is 10.3 Å². The molecule has 1 saturated heterocycles. The average molecular weight is 554 g/mol. The topological polar surface area (TPSA) is 71.1 Å². The highest BCUT2D eigenvalue weighted by Gasteiger charge is 2.35. The van der Waals surface area contributed by atoms with Crippen molar-refractivity contribution in [3.63, 3.8) is 0 Å². The van der Waals surface area contributed by atoms with Crippen molar-refractivity contribution in [1.82, 2.24) is 15.3 Å². The van der Waals surface area contributed by atoms with Crippen LogP contribution in [0, 0.1) is 0 Å². The van der Waals surface area contributed by atoms with E-state index >= 15 is 0 Å². The van der Waals surface area contributed by atoms with Gasteiger partial charge in [0.15, 0.2) is 5.75 Å². The standard InChI is InChI=1S/C29H29Cl2N3O4/c1-33(28(35)16-23-22-15-24(30)25(31)17-27(22)38-32-29(23)36)26(18-34-10-12-37-13-11-34)21-9-5-8-20(14-21)19-6-3-2-4-7-19/h2-9,14-15,17,23,26H,10-13,16,18H2,1H3,(H,32,36)/t23?,26-/m0/s1. The predicted molar refractivity (Wildman–Crippen MR) is 147 cm³/mol. The fraction of sp³-hybridized carbons (Fsp3) is 0.310. The Labute approximate surface area is 232 Å². The third-order valence-electron chi connectivity index (χ3n) is 7.16. The number of hydrogen-bond donors (Lipinski definition) is 1. The van der Waals surface area contributed by atoms with Gasteiger partial charge in [0.05, 0.1) is 35.2 Å². The molecule has 3 aromatic rings. The highest BCUT2D eigenvalue weighted by Crippen LogP contribution is 2.39. The minimum absolute atomic E-state index is 0.0331. The molecule has 0 bridgehead atoms. The summed E-state index contributed by atoms with van der Waals surface area (Å²) >= 11 is 12.4. The number of carbonyl (C=O) groups excluding carboxylic acids is 2. The number of halogens is 2. The number of benzene rings is 3. The van der Waals surface area contributed by atoms with Gasteiger partial charge in [-0.1, -0.05) is 71.7 Å². The molecule has 0 radical (unpaired) electrons. The molecule has 5 rings (SSSR count). The average Bonchev–Trinajstić information content (AvgIpc) is 2.95. The van der Waals surface area contributed by atoms with Crippen molar-refractivity contribution < 1.29 is 19.2 Å². The number of nitrogens with one attached hydrogen (secondary N) is 1. The van der Waals surface area contributed by atoms with Crippen LogP contribution in [0.15, 0.2) is 66.7 Å². The van der Waals surface area contributed by atoms with E-state index in [1.807, 2.05) is 24.3 Å². The summed E-state index contributed by atoms with van der Waals surface area (Å²) in [6.07, 6.45) is -0.0331. The molecular formula is C29H29Cl2N3O4. The first-order chi connectivity index (χ1) is 18.4. The first kappa shape index (κ1) is 26.5. The van der Waals surface area contributed by atoms with Crippen LogP contribution in [0.25, 0.3) is 11.1 Å². The fourth-order valence-corrected chi connectivity index (χ4v) is 5.28. The zero-order valence-corrected chi connectivity index (χ0v) is 22.5. The van der Waals surface area contributed by atoms with E-state index in [1.165, 1.54) is 0 Å². The van der Waals surface area contributed by atoms with Crippen LogP contribution in [0.4, 0.5) is 0 Å². The van der Waals surface area contributed by atoms with Gasteiger partial charge in [0, 0.05) is 44.7 Å². The number of hydrogen-bond acceptors (Lipinski definition) is 5. The van der Waals surface area contributed by atoms with E-state index in [-0.39, 0.29) is 18.4 Å². The van der Waals surface area contributed by atoms with E-state index in [0.717, 1.165) is 29.8 Å². The van der Waals surface area contributed by atoms with Crippen molar-refractivity contribution in [2.24, 2.45) is 0 Å². The SMILES string of the molecule is CN(C(=O)CC1C(=O)NOc2cc(Cl)c(Cl)cc21)[C@@H](CN1CCOCC1)c1cccc(-c2ccccc2)c1. The maximum atomic E-state index is 13.7. The summed E-state index contributed by atoms with van der Waals surface area (Å²) in [5, 5.41) is 0.616. The van der Waals surface area contributed by atoms with Crippen LogP contribution >= 0.6 is 23.2 Å². The highest BCUT2D eigenvalue weighted by atomic mass is 35.5. The van der Waals surface area contributed by atoms with Gasteiger partial charge >= 0.3 is 0 Å². The van der Waals surface area contributed by atoms with E-state index < -0.39 is 11.8 Å². The van der Waals surface area contributed by atoms with Crippen molar-refractivity contribution in [3.05, 3.63) is 87.9 Å². The lowest BCUT2D eigenvalue weighted by molar-refractivity contribution is -0.138. The summed E-state index contributed by atoms with van der Waals surface area (Å²) in [6.45, 7) is 3.58. The molecule has 1 unspecified atom stereocenters. The first-order valence-corrected chi connectivity index (χ1v) is 13.3. The van der Waals surface area contributed by atoms with Crippen LogP contribution in [0.1, 0.15) is 29.5 Å². The van der Waals surface area contributed by atoms with Gasteiger partial charge in [-0.05, 0) is 28.8 Å². The minimum Gasteiger partial charge on any atom is -0.379 e. The Balaban J connectivity index is 1.43. The smallest absolute Gasteiger partial charge is 0.260 e. The third-order valence-corrected chi connectivity index (χ3v) is 7.88. The van der Waals surface area contributed by atoms with Gasteiger partial charge in [-0.3, -0.25) is 14.5 Å². The number of likely N-dealkylation sites (N-methyl/N-ethyl adjacent to an activating group) is 1. The summed E-state index contributed by atoms with van der Waals surface area (Å²) in [5.74, 6) is -0.913. The Hall–Kier alpha value is -3.10. The second-order valence-corrected chi connectivity index (χ2v) is 10.4. The number of amides is 2. The summed E-state index contributed by atoms with van der Waals surface area (Å²) in [4.78, 5) is 35.9. The second kappa shape index (κ2) is 11.7. The molecule has 198 valence electrons. The number of nitrogens with zero attached hydrogens (tertiary/aromatic N) is 2. The van der Waals surface area contributed by atoms with Crippen molar-refractivity contribution in [1.29, 1.82) is 0 Å². The van der Waals surface area contributed by atoms with Gasteiger partial charge in [0.1, 0.15) is 0 Å². The number of hydroxylamine groups is 1. The van der Waals surface area contributed by atoms with Crippen LogP contribution in [0.3, 0.4) is 0 Å². The number of ether oxygens (including phenoxy) is 1. The number of carbonyl (C=O) groups is 2. The highest BCUT2D eigenvalue weighted by molar-refractivity contribution is 6.42. The van der Waals surface area contributed by atoms with Crippen molar-refractivity contribution in [3.8, 4) is 16.9 Å². The molecule has 2 aliphatic heterocycles. The van der Waals surface area contributed by atoms with Gasteiger partial charge in [0.2, 0.25) is 5.91 Å². The lowest BCUT2D eigenvalue weighted by Crippen LogP contribution is -2.45. The third kappa shape index (κ3) is 5.81. The maximum absolute atomic E-state index is 13.7. The van der Waals surface area contributed by atoms with Gasteiger partial charge in [0.25, 0.3) is 5.91 Å². The molecule has 9 heteroatoms. The molecule has 1 fully saturated rings. The van der Waals surface area contributed by atoms with E-state index in [1.54, 1.807) is 24.1 Å². The van der Waals surface area contributed by atoms with Gasteiger partial charge < -0.3 is 14.5 Å². The zero-order valence-electron chi connectivity index (χ0n) is 21.0. The summed E-state index contributed by atoms with van der Waals surface area (Å²) in [5.41, 5.74) is 6.16. The Kier molecular flexibility index (Phi) is 8.19. The number of morpholine rings is 1. The fourth-order valence-electron chi connectivity index (χ4n) is 4.95. The van der Waals surface area contributed by atoms with E-state index in [9.17, 15) is 9.59 Å². The molecule has 0 spiro atoms. The normalized spacial score (nSPS) is 18.2. The number of fused-ring (bicyclic) bond motifs is 1. The Bertz CT molecular complexity index is 1310. The van der Waals surface area contributed by atoms with Gasteiger partial charge in [-0.15, -0.1) is 0 Å². The van der Waals surface area contributed by atoms with E-state index in [4.69, 9.17) is 32.8 Å². The molecule has 0 aliphatic carbocycles. The molecule has 2 atom stereocenters. The Morgan fingerprint density at radius 1 is 1.03 bits per heavy atom. The molecule has 38 heavy (non-hydrogen) atoms. The molecule has 3 aromatic carbocycles. The molecule has 2 aliphatic rings. The maximum Gasteiger partial charge on any atom is 0.260 e. The largest absolute Gasteiger partial charge is 0.379 e. The number of rotatable bonds is 7. The van der Waals surface area contributed by atoms with Crippen molar-refractivity contribution in [2.75, 3.05) is 39.9 Å². The quantitative estimate of drug-likeness (QED) is 0.441. The van der Waals surface area contributed by atoms with Crippen LogP contribution in [-0.4, -0.2) is 61.5 Å². The van der Waals surface area contributed by atoms with E-state index in [0.29, 0.717) is 41.1 Å². The van der Waals surface area contributed by atoms with Crippen LogP contribution in [-0.2, 0) is 14.3 Å². The molecule has 2 amide bonds. The monoisotopic (exact) mass is 553 g/mol. The van der Waals surface area contributed by atoms with E-state index in [2.05, 4.69) is 40.7 Å². The molecule has 1 N–H and O–H groups in total. The van der Waals surface area contributed by atoms with Crippen LogP contribution in [0.5, 0.6) is 5.75 Å². The zero-order chi connectivity index (χ0) is 26.6. The van der Waals surface area contributed by atoms with Crippen LogP contribution in [0.2, 0.25) is 10.0 Å². The molecular weight excluding hydrogens is 525 g/mol. The molecule has 2 heterocycles. The predicted octanol–water partition coefficient (Wildman–Crippen LogP) is 5.09. The lowest BCUT2D eigenvalue weighted by atomic mass is 9.92. The summed E-state index contributed by atoms with van der Waals surface area (Å²) in [7, 11) is 1.80. The minimum atomic E-state index is -0.747. The Morgan fingerprint density at radius 3 is 2.50 bits per heavy atom. The molecule has 0 saturated carbocycles. The summed E-state index contributed by atoms with van der Waals surface area (Å²) < 4.78 is 5.54. The second-order valence-electron chi connectivity index (χ2n) is 9.55. The van der Waals surface area contributed by atoms with Crippen molar-refractivity contribution in [2.45, 2.75) is 18.4 Å². The van der Waals surface area contributed by atoms with Gasteiger partial charge in [-0.25, -0.2) is 0 Å². The molecule has 7 nitrogen and oxygen atoms in total. The Morgan fingerprint density at radius 2 is 1.74 bits per heavy atom. The summed E-state index contributed by atoms with van der Waals surface area (Å²) in [6, 6.07) is 21.4. The van der Waals surface area contributed by atoms with Gasteiger partial charge in [-0.2, -0.15) is 5.48 Å². The van der Waals surface area contributed by atoms with Crippen molar-refractivity contribution >= 4 is 35.0 Å². The first-order valence-electron chi connectivity index (χ1n) is 12.6.